The maximum atomic E-state index is 12.2. The summed E-state index contributed by atoms with van der Waals surface area (Å²) in [6.45, 7) is 0.892. The highest BCUT2D eigenvalue weighted by Gasteiger charge is 2.37. The molecule has 0 saturated heterocycles. The maximum absolute atomic E-state index is 12.2. The number of hydrogen-bond acceptors (Lipinski definition) is 3. The van der Waals surface area contributed by atoms with Crippen LogP contribution in [-0.2, 0) is 16.0 Å². The number of Topliss-reactive ketones (excluding diaryl/α,β-unsaturated/α-hetero) is 1. The van der Waals surface area contributed by atoms with Crippen LogP contribution in [0.2, 0.25) is 0 Å². The predicted octanol–water partition coefficient (Wildman–Crippen LogP) is 2.07. The van der Waals surface area contributed by atoms with Crippen LogP contribution in [0.15, 0.2) is 35.7 Å². The molecule has 0 radical (unpaired) electrons. The molecule has 0 bridgehead atoms. The van der Waals surface area contributed by atoms with E-state index in [1.807, 2.05) is 6.07 Å². The van der Waals surface area contributed by atoms with Crippen LogP contribution in [0.25, 0.3) is 0 Å². The van der Waals surface area contributed by atoms with Crippen molar-refractivity contribution in [1.82, 2.24) is 10.2 Å². The molecule has 0 fully saturated rings. The summed E-state index contributed by atoms with van der Waals surface area (Å²) >= 11 is 0. The molecule has 3 aliphatic rings. The van der Waals surface area contributed by atoms with E-state index >= 15 is 0 Å². The van der Waals surface area contributed by atoms with Crippen molar-refractivity contribution in [3.63, 3.8) is 0 Å². The monoisotopic (exact) mass is 282 g/mol. The topological polar surface area (TPSA) is 49.4 Å². The lowest BCUT2D eigenvalue weighted by atomic mass is 9.89. The summed E-state index contributed by atoms with van der Waals surface area (Å²) in [5.74, 6) is 0.0473. The van der Waals surface area contributed by atoms with Crippen molar-refractivity contribution in [3.8, 4) is 0 Å². The van der Waals surface area contributed by atoms with Crippen LogP contribution in [-0.4, -0.2) is 23.1 Å². The van der Waals surface area contributed by atoms with Crippen molar-refractivity contribution in [2.75, 3.05) is 6.54 Å². The minimum absolute atomic E-state index is 0.0399. The van der Waals surface area contributed by atoms with Crippen LogP contribution in [0, 0.1) is 0 Å². The lowest BCUT2D eigenvalue weighted by Crippen LogP contribution is -2.36. The fourth-order valence-corrected chi connectivity index (χ4v) is 3.82. The molecular weight excluding hydrogens is 264 g/mol. The van der Waals surface area contributed by atoms with Gasteiger partial charge in [0, 0.05) is 18.7 Å². The number of ketones is 1. The molecule has 1 aromatic rings. The van der Waals surface area contributed by atoms with E-state index < -0.39 is 0 Å². The van der Waals surface area contributed by atoms with Gasteiger partial charge in [-0.2, -0.15) is 0 Å². The molecule has 4 nitrogen and oxygen atoms in total. The molecule has 21 heavy (non-hydrogen) atoms. The summed E-state index contributed by atoms with van der Waals surface area (Å²) in [7, 11) is 0. The van der Waals surface area contributed by atoms with Gasteiger partial charge in [-0.15, -0.1) is 0 Å². The minimum atomic E-state index is -0.0399. The third-order valence-corrected chi connectivity index (χ3v) is 4.79. The first-order chi connectivity index (χ1) is 10.2. The number of rotatable bonds is 0. The van der Waals surface area contributed by atoms with Gasteiger partial charge in [-0.05, 0) is 30.4 Å². The standard InChI is InChI=1S/C17H18N2O2/c20-15-7-3-6-13-17(15)18-16(21)10-14-12-5-2-1-4-11(12)8-9-19(13)14/h1-2,4-5,14H,3,6-10H2,(H,18,21)/t14-/m0/s1. The van der Waals surface area contributed by atoms with Crippen molar-refractivity contribution < 1.29 is 9.59 Å². The van der Waals surface area contributed by atoms with Crippen LogP contribution in [0.1, 0.15) is 42.9 Å². The Balaban J connectivity index is 1.83. The van der Waals surface area contributed by atoms with E-state index in [1.54, 1.807) is 0 Å². The number of allylic oxidation sites excluding steroid dienone is 2. The number of carbonyl (C=O) groups is 2. The highest BCUT2D eigenvalue weighted by molar-refractivity contribution is 6.00. The lowest BCUT2D eigenvalue weighted by molar-refractivity contribution is -0.123. The molecule has 2 aliphatic heterocycles. The Kier molecular flexibility index (Phi) is 2.84. The van der Waals surface area contributed by atoms with E-state index in [0.29, 0.717) is 18.5 Å². The Morgan fingerprint density at radius 1 is 1.10 bits per heavy atom. The fourth-order valence-electron chi connectivity index (χ4n) is 3.82. The molecule has 4 heteroatoms. The largest absolute Gasteiger partial charge is 0.365 e. The number of amides is 1. The number of carbonyl (C=O) groups excluding carboxylic acids is 2. The van der Waals surface area contributed by atoms with Crippen LogP contribution >= 0.6 is 0 Å². The highest BCUT2D eigenvalue weighted by atomic mass is 16.2. The Labute approximate surface area is 123 Å². The van der Waals surface area contributed by atoms with E-state index in [0.717, 1.165) is 31.5 Å². The second-order valence-corrected chi connectivity index (χ2v) is 6.01. The fraction of sp³-hybridized carbons (Fsp3) is 0.412. The third kappa shape index (κ3) is 1.97. The molecule has 0 saturated carbocycles. The van der Waals surface area contributed by atoms with Crippen LogP contribution in [0.3, 0.4) is 0 Å². The normalized spacial score (nSPS) is 24.8. The quantitative estimate of drug-likeness (QED) is 0.792. The number of benzene rings is 1. The first-order valence-corrected chi connectivity index (χ1v) is 7.64. The van der Waals surface area contributed by atoms with Crippen LogP contribution in [0.4, 0.5) is 0 Å². The van der Waals surface area contributed by atoms with E-state index in [9.17, 15) is 9.59 Å². The van der Waals surface area contributed by atoms with Gasteiger partial charge in [0.2, 0.25) is 5.91 Å². The van der Waals surface area contributed by atoms with Crippen molar-refractivity contribution in [2.24, 2.45) is 0 Å². The molecule has 0 aromatic heterocycles. The molecule has 1 amide bonds. The van der Waals surface area contributed by atoms with Crippen molar-refractivity contribution in [1.29, 1.82) is 0 Å². The molecule has 4 rings (SSSR count). The zero-order valence-corrected chi connectivity index (χ0v) is 11.9. The van der Waals surface area contributed by atoms with Crippen molar-refractivity contribution in [2.45, 2.75) is 38.1 Å². The van der Waals surface area contributed by atoms with Crippen molar-refractivity contribution >= 4 is 11.7 Å². The van der Waals surface area contributed by atoms with Gasteiger partial charge in [0.25, 0.3) is 0 Å². The molecular formula is C17H18N2O2. The van der Waals surface area contributed by atoms with Gasteiger partial charge < -0.3 is 10.2 Å². The molecule has 1 atom stereocenters. The molecule has 1 aliphatic carbocycles. The Morgan fingerprint density at radius 3 is 2.86 bits per heavy atom. The van der Waals surface area contributed by atoms with E-state index in [4.69, 9.17) is 0 Å². The summed E-state index contributed by atoms with van der Waals surface area (Å²) in [4.78, 5) is 26.7. The second-order valence-electron chi connectivity index (χ2n) is 6.01. The van der Waals surface area contributed by atoms with Gasteiger partial charge in [0.15, 0.2) is 5.78 Å². The third-order valence-electron chi connectivity index (χ3n) is 4.79. The summed E-state index contributed by atoms with van der Waals surface area (Å²) in [6.07, 6.45) is 3.73. The Bertz CT molecular complexity index is 663. The first kappa shape index (κ1) is 12.6. The minimum Gasteiger partial charge on any atom is -0.365 e. The lowest BCUT2D eigenvalue weighted by Gasteiger charge is -2.40. The highest BCUT2D eigenvalue weighted by Crippen LogP contribution is 2.39. The van der Waals surface area contributed by atoms with Gasteiger partial charge in [-0.25, -0.2) is 0 Å². The van der Waals surface area contributed by atoms with Gasteiger partial charge in [0.1, 0.15) is 5.70 Å². The second kappa shape index (κ2) is 4.72. The van der Waals surface area contributed by atoms with E-state index in [2.05, 4.69) is 28.4 Å². The predicted molar refractivity (Wildman–Crippen MR) is 78.2 cm³/mol. The Hall–Kier alpha value is -2.10. The molecule has 2 heterocycles. The van der Waals surface area contributed by atoms with E-state index in [1.165, 1.54) is 11.1 Å². The summed E-state index contributed by atoms with van der Waals surface area (Å²) in [6, 6.07) is 8.44. The van der Waals surface area contributed by atoms with Gasteiger partial charge >= 0.3 is 0 Å². The van der Waals surface area contributed by atoms with Gasteiger partial charge in [-0.1, -0.05) is 24.3 Å². The van der Waals surface area contributed by atoms with E-state index in [-0.39, 0.29) is 17.7 Å². The number of nitrogens with zero attached hydrogens (tertiary/aromatic N) is 1. The molecule has 1 N–H and O–H groups in total. The number of hydrogen-bond donors (Lipinski definition) is 1. The molecule has 108 valence electrons. The number of fused-ring (bicyclic) bond motifs is 4. The van der Waals surface area contributed by atoms with Gasteiger partial charge in [-0.3, -0.25) is 9.59 Å². The molecule has 0 spiro atoms. The molecule has 1 aromatic carbocycles. The van der Waals surface area contributed by atoms with Crippen LogP contribution < -0.4 is 5.32 Å². The summed E-state index contributed by atoms with van der Waals surface area (Å²) < 4.78 is 0. The summed E-state index contributed by atoms with van der Waals surface area (Å²) in [5, 5.41) is 2.87. The van der Waals surface area contributed by atoms with Crippen LogP contribution in [0.5, 0.6) is 0 Å². The Morgan fingerprint density at radius 2 is 1.95 bits per heavy atom. The smallest absolute Gasteiger partial charge is 0.226 e. The zero-order chi connectivity index (χ0) is 14.4. The maximum Gasteiger partial charge on any atom is 0.226 e. The van der Waals surface area contributed by atoms with Crippen molar-refractivity contribution in [3.05, 3.63) is 46.8 Å². The number of nitrogens with one attached hydrogen (secondary N) is 1. The molecule has 0 unspecified atom stereocenters. The first-order valence-electron chi connectivity index (χ1n) is 7.64. The summed E-state index contributed by atoms with van der Waals surface area (Å²) in [5.41, 5.74) is 4.19. The average Bonchev–Trinajstić information content (AvgIpc) is 2.64. The zero-order valence-electron chi connectivity index (χ0n) is 11.9. The average molecular weight is 282 g/mol. The SMILES string of the molecule is O=C1C[C@H]2c3ccccc3CCN2C2=C(N1)C(=O)CCC2. The van der Waals surface area contributed by atoms with Gasteiger partial charge in [0.05, 0.1) is 12.5 Å².